The SMILES string of the molecule is CC(=O)C1CCN(C(=O)c2ccc(Cl)c(Cc3cc4c(C)cc(C(F)(F)F)cc4n3C)c2Cl)C1.CC(=O)C1CCN(C(=O)c2ccc(Cl)c(Cc3cc4c(C)cc(C(F)(F)F)cc4n3C)c2Cl)CC1C.CC(=O)C1CN(C(=O)c2ccc(Cl)c(Cc3cc4c(C)cc(C(F)(F)F)cc4n3C)c2Cl)C1.CC(=O)COC1CCN(C(=O)c2ccc(Cl)c(Cc3cc4c(C)cc(C(F)(F)F)cc4n3C)c2Cl)CC1. The number of likely N-dealkylation sites (tertiary alicyclic amines) is 4. The molecule has 12 aromatic rings. The summed E-state index contributed by atoms with van der Waals surface area (Å²) < 4.78 is 172. The summed E-state index contributed by atoms with van der Waals surface area (Å²) in [7, 11) is 6.79. The van der Waals surface area contributed by atoms with Crippen molar-refractivity contribution in [2.75, 3.05) is 59.0 Å². The van der Waals surface area contributed by atoms with Crippen molar-refractivity contribution in [2.24, 2.45) is 51.9 Å². The molecule has 4 aromatic heterocycles. The van der Waals surface area contributed by atoms with E-state index >= 15 is 0 Å². The molecule has 0 saturated carbocycles. The summed E-state index contributed by atoms with van der Waals surface area (Å²) in [6.45, 7) is 18.1. The Bertz CT molecular complexity index is 6960. The van der Waals surface area contributed by atoms with Gasteiger partial charge in [-0.05, 0) is 253 Å². The minimum atomic E-state index is -4.45. The lowest BCUT2D eigenvalue weighted by molar-refractivity contribution is -0.138. The van der Waals surface area contributed by atoms with Gasteiger partial charge in [0.2, 0.25) is 0 Å². The molecule has 0 aliphatic carbocycles. The second-order valence-corrected chi connectivity index (χ2v) is 39.7. The highest BCUT2D eigenvalue weighted by Gasteiger charge is 2.41. The molecule has 37 heteroatoms. The Kier molecular flexibility index (Phi) is 32.5. The van der Waals surface area contributed by atoms with Crippen molar-refractivity contribution in [1.29, 1.82) is 0 Å². The monoisotopic (exact) mass is 2100 g/mol. The zero-order valence-electron chi connectivity index (χ0n) is 78.3. The van der Waals surface area contributed by atoms with Gasteiger partial charge in [0.05, 0.1) is 76.6 Å². The van der Waals surface area contributed by atoms with Crippen LogP contribution < -0.4 is 0 Å². The Hall–Kier alpha value is -10.1. The molecule has 3 unspecified atom stereocenters. The normalized spacial score (nSPS) is 16.2. The fraction of sp³-hybridized carbons (Fsp3) is 0.379. The average Bonchev–Trinajstić information content (AvgIpc) is 1.63. The molecule has 140 heavy (non-hydrogen) atoms. The number of halogens is 20. The van der Waals surface area contributed by atoms with Crippen molar-refractivity contribution in [3.63, 3.8) is 0 Å². The number of alkyl halides is 12. The lowest BCUT2D eigenvalue weighted by atomic mass is 9.84. The highest BCUT2D eigenvalue weighted by molar-refractivity contribution is 6.40. The summed E-state index contributed by atoms with van der Waals surface area (Å²) in [5.41, 5.74) is 7.25. The van der Waals surface area contributed by atoms with Gasteiger partial charge in [-0.2, -0.15) is 52.7 Å². The number of aromatic nitrogens is 4. The summed E-state index contributed by atoms with van der Waals surface area (Å²) >= 11 is 52.5. The molecule has 0 radical (unpaired) electrons. The van der Waals surface area contributed by atoms with Gasteiger partial charge in [0.25, 0.3) is 23.6 Å². The number of carbonyl (C=O) groups excluding carboxylic acids is 8. The van der Waals surface area contributed by atoms with E-state index in [0.29, 0.717) is 220 Å². The maximum Gasteiger partial charge on any atom is 0.416 e. The third kappa shape index (κ3) is 23.1. The number of aryl methyl sites for hydroxylation is 8. The van der Waals surface area contributed by atoms with Gasteiger partial charge in [-0.25, -0.2) is 0 Å². The van der Waals surface area contributed by atoms with Crippen LogP contribution in [0, 0.1) is 51.4 Å². The van der Waals surface area contributed by atoms with E-state index in [1.165, 1.54) is 20.8 Å². The van der Waals surface area contributed by atoms with Crippen LogP contribution in [0.5, 0.6) is 0 Å². The van der Waals surface area contributed by atoms with Crippen molar-refractivity contribution in [2.45, 2.75) is 144 Å². The van der Waals surface area contributed by atoms with Crippen molar-refractivity contribution in [3.8, 4) is 0 Å². The van der Waals surface area contributed by atoms with E-state index < -0.39 is 47.0 Å². The largest absolute Gasteiger partial charge is 0.416 e. The summed E-state index contributed by atoms with van der Waals surface area (Å²) in [6, 6.07) is 29.1. The first-order chi connectivity index (χ1) is 65.4. The number of benzene rings is 8. The van der Waals surface area contributed by atoms with Gasteiger partial charge in [0, 0.05) is 205 Å². The number of hydrogen-bond donors (Lipinski definition) is 0. The number of fused-ring (bicyclic) bond motifs is 4. The third-order valence-corrected chi connectivity index (χ3v) is 30.2. The number of rotatable bonds is 18. The fourth-order valence-corrected chi connectivity index (χ4v) is 21.0. The number of piperidine rings is 2. The van der Waals surface area contributed by atoms with Crippen LogP contribution in [0.15, 0.2) is 121 Å². The van der Waals surface area contributed by atoms with E-state index in [2.05, 4.69) is 0 Å². The maximum atomic E-state index is 13.4. The zero-order valence-corrected chi connectivity index (χ0v) is 84.3. The van der Waals surface area contributed by atoms with E-state index in [9.17, 15) is 91.0 Å². The Morgan fingerprint density at radius 3 is 0.864 bits per heavy atom. The van der Waals surface area contributed by atoms with Crippen LogP contribution in [-0.2, 0) is 102 Å². The molecule has 4 fully saturated rings. The minimum absolute atomic E-state index is 0.0407. The molecule has 4 amide bonds. The van der Waals surface area contributed by atoms with Crippen LogP contribution in [-0.4, -0.2) is 150 Å². The van der Waals surface area contributed by atoms with Gasteiger partial charge in [-0.3, -0.25) is 38.4 Å². The van der Waals surface area contributed by atoms with Gasteiger partial charge < -0.3 is 42.6 Å². The quantitative estimate of drug-likeness (QED) is 0.0756. The zero-order chi connectivity index (χ0) is 103. The van der Waals surface area contributed by atoms with Crippen molar-refractivity contribution in [1.82, 2.24) is 37.9 Å². The highest BCUT2D eigenvalue weighted by Crippen LogP contribution is 2.45. The smallest absolute Gasteiger partial charge is 0.370 e. The van der Waals surface area contributed by atoms with Gasteiger partial charge in [0.1, 0.15) is 24.0 Å². The maximum absolute atomic E-state index is 13.4. The molecule has 4 aliphatic rings. The van der Waals surface area contributed by atoms with E-state index in [1.807, 2.05) is 31.2 Å². The number of Topliss-reactive ketones (excluding diaryl/α,β-unsaturated/α-hetero) is 4. The molecule has 0 spiro atoms. The van der Waals surface area contributed by atoms with Crippen molar-refractivity contribution < 1.29 is 95.8 Å². The Morgan fingerprint density at radius 1 is 0.336 bits per heavy atom. The molecule has 4 aliphatic heterocycles. The molecule has 8 heterocycles. The highest BCUT2D eigenvalue weighted by atomic mass is 35.5. The van der Waals surface area contributed by atoms with Crippen LogP contribution in [0.25, 0.3) is 43.6 Å². The second kappa shape index (κ2) is 42.5. The number of hydrogen-bond acceptors (Lipinski definition) is 9. The summed E-state index contributed by atoms with van der Waals surface area (Å²) in [4.78, 5) is 105. The molecule has 0 bridgehead atoms. The molecule has 17 nitrogen and oxygen atoms in total. The standard InChI is InChI=1S/C27H27Cl2F3N2O3.C27H27Cl2F3N2O2.C25H23Cl2F3N2O2.C24H21Cl2F3N2O2/c1-15-10-17(27(30,31)32)11-24-21(15)12-18(33(24)3)13-22-23(28)5-4-20(25(22)29)26(36)34-8-6-19(7-9-34)37-14-16(2)35;1-14-9-17(27(30,31)32)10-24-21(14)11-18(33(24)4)12-22-23(28)6-5-20(25(22)29)26(36)34-8-7-19(16(3)35)15(2)13-34;1-13-8-16(25(28,29)30)9-22-19(13)10-17(31(22)3)11-20-21(26)5-4-18(23(20)27)24(34)32-7-6-15(12-32)14(2)33;1-12-6-15(24(27,28)29)7-21-18(12)8-16(30(21)3)9-19-20(25)5-4-17(22(19)26)23(33)31-10-14(11-31)13(2)32/h4-5,10-12,19H,6-9,13-14H2,1-3H3;5-6,9-11,15,19H,7-8,12-13H2,1-4H3;4-5,8-10,15H,6-7,11-12H2,1-3H3;4-8,14H,9-11H2,1-3H3. The summed E-state index contributed by atoms with van der Waals surface area (Å²) in [6.07, 6.45) is -14.4. The third-order valence-electron chi connectivity index (χ3n) is 27.0. The lowest BCUT2D eigenvalue weighted by Crippen LogP contribution is -2.52. The Morgan fingerprint density at radius 2 is 0.600 bits per heavy atom. The van der Waals surface area contributed by atoms with E-state index in [-0.39, 0.29) is 134 Å². The van der Waals surface area contributed by atoms with Crippen LogP contribution in [0.1, 0.15) is 191 Å². The minimum Gasteiger partial charge on any atom is -0.370 e. The molecule has 8 aromatic carbocycles. The van der Waals surface area contributed by atoms with Crippen molar-refractivity contribution >= 4 is 183 Å². The molecule has 3 atom stereocenters. The molecule has 16 rings (SSSR count). The van der Waals surface area contributed by atoms with Crippen molar-refractivity contribution in [3.05, 3.63) is 273 Å². The topological polar surface area (TPSA) is 178 Å². The first kappa shape index (κ1) is 107. The molecular formula is C103H98Cl8F12N8O9. The number of ketones is 4. The fourth-order valence-electron chi connectivity index (χ4n) is 18.7. The van der Waals surface area contributed by atoms with Crippen LogP contribution >= 0.6 is 92.8 Å². The number of nitrogens with zero attached hydrogens (tertiary/aromatic N) is 8. The summed E-state index contributed by atoms with van der Waals surface area (Å²) in [5, 5.41) is 5.17. The molecule has 4 saturated heterocycles. The van der Waals surface area contributed by atoms with E-state index in [0.717, 1.165) is 54.2 Å². The Labute approximate surface area is 839 Å². The van der Waals surface area contributed by atoms with Crippen LogP contribution in [0.2, 0.25) is 40.2 Å². The average molecular weight is 2100 g/mol. The van der Waals surface area contributed by atoms with Gasteiger partial charge in [-0.1, -0.05) is 99.7 Å². The number of ether oxygens (including phenoxy) is 1. The molecular weight excluding hydrogens is 2000 g/mol. The first-order valence-corrected chi connectivity index (χ1v) is 47.8. The molecule has 0 N–H and O–H groups in total. The van der Waals surface area contributed by atoms with Gasteiger partial charge >= 0.3 is 24.7 Å². The van der Waals surface area contributed by atoms with Crippen LogP contribution in [0.4, 0.5) is 52.7 Å². The number of amides is 4. The lowest BCUT2D eigenvalue weighted by Gasteiger charge is -2.38. The van der Waals surface area contributed by atoms with E-state index in [4.69, 9.17) is 97.5 Å². The van der Waals surface area contributed by atoms with Gasteiger partial charge in [0.15, 0.2) is 5.78 Å². The Balaban J connectivity index is 0.000000157. The van der Waals surface area contributed by atoms with E-state index in [1.54, 1.807) is 149 Å². The number of carbonyl (C=O) groups is 8. The molecule has 744 valence electrons. The summed E-state index contributed by atoms with van der Waals surface area (Å²) in [5.74, 6) is -1.15. The predicted molar refractivity (Wildman–Crippen MR) is 522 cm³/mol. The first-order valence-electron chi connectivity index (χ1n) is 44.7. The predicted octanol–water partition coefficient (Wildman–Crippen LogP) is 26.2. The second-order valence-electron chi connectivity index (χ2n) is 36.5. The van der Waals surface area contributed by atoms with Gasteiger partial charge in [-0.15, -0.1) is 0 Å². The van der Waals surface area contributed by atoms with Crippen LogP contribution in [0.3, 0.4) is 0 Å².